The monoisotopic (exact) mass is 318 g/mol. The zero-order chi connectivity index (χ0) is 15.0. The topological polar surface area (TPSA) is 24.5 Å². The van der Waals surface area contributed by atoms with Crippen molar-refractivity contribution in [3.8, 4) is 5.75 Å². The van der Waals surface area contributed by atoms with E-state index >= 15 is 0 Å². The zero-order valence-electron chi connectivity index (χ0n) is 12.5. The van der Waals surface area contributed by atoms with E-state index < -0.39 is 0 Å². The normalized spacial score (nSPS) is 11.1. The van der Waals surface area contributed by atoms with E-state index in [9.17, 15) is 0 Å². The number of hydrogen-bond donors (Lipinski definition) is 1. The van der Waals surface area contributed by atoms with Gasteiger partial charge in [-0.05, 0) is 52.2 Å². The van der Waals surface area contributed by atoms with Crippen LogP contribution >= 0.6 is 23.2 Å². The standard InChI is InChI=1S/C15H24Cl2N2O/c1-4-8-20-15-12(9-13(16)10-14(15)17)11-18-6-5-7-19(2)3/h9-10,18H,4-8,11H2,1-3H3. The Labute approximate surface area is 132 Å². The van der Waals surface area contributed by atoms with Crippen LogP contribution in [0.25, 0.3) is 0 Å². The predicted molar refractivity (Wildman–Crippen MR) is 87.1 cm³/mol. The smallest absolute Gasteiger partial charge is 0.142 e. The van der Waals surface area contributed by atoms with Crippen LogP contribution in [0.5, 0.6) is 5.75 Å². The summed E-state index contributed by atoms with van der Waals surface area (Å²) in [5, 5.41) is 4.63. The summed E-state index contributed by atoms with van der Waals surface area (Å²) in [5.74, 6) is 0.748. The van der Waals surface area contributed by atoms with Crippen LogP contribution in [0.3, 0.4) is 0 Å². The highest BCUT2D eigenvalue weighted by Gasteiger charge is 2.10. The summed E-state index contributed by atoms with van der Waals surface area (Å²) in [7, 11) is 4.15. The van der Waals surface area contributed by atoms with Gasteiger partial charge in [-0.3, -0.25) is 0 Å². The molecular weight excluding hydrogens is 295 g/mol. The van der Waals surface area contributed by atoms with Gasteiger partial charge in [0.25, 0.3) is 0 Å². The first-order valence-electron chi connectivity index (χ1n) is 7.00. The van der Waals surface area contributed by atoms with Crippen molar-refractivity contribution in [1.29, 1.82) is 0 Å². The first-order valence-corrected chi connectivity index (χ1v) is 7.76. The number of rotatable bonds is 9. The van der Waals surface area contributed by atoms with Gasteiger partial charge in [0.15, 0.2) is 0 Å². The highest BCUT2D eigenvalue weighted by Crippen LogP contribution is 2.32. The number of ether oxygens (including phenoxy) is 1. The Kier molecular flexibility index (Phi) is 8.31. The lowest BCUT2D eigenvalue weighted by Gasteiger charge is -2.14. The molecule has 0 fully saturated rings. The molecule has 0 aliphatic heterocycles. The molecule has 5 heteroatoms. The van der Waals surface area contributed by atoms with Crippen molar-refractivity contribution < 1.29 is 4.74 Å². The zero-order valence-corrected chi connectivity index (χ0v) is 14.0. The van der Waals surface area contributed by atoms with Crippen LogP contribution in [0.15, 0.2) is 12.1 Å². The van der Waals surface area contributed by atoms with Crippen molar-refractivity contribution >= 4 is 23.2 Å². The summed E-state index contributed by atoms with van der Waals surface area (Å²) < 4.78 is 5.73. The van der Waals surface area contributed by atoms with Crippen LogP contribution in [0.1, 0.15) is 25.3 Å². The lowest BCUT2D eigenvalue weighted by molar-refractivity contribution is 0.313. The van der Waals surface area contributed by atoms with Gasteiger partial charge in [-0.1, -0.05) is 30.1 Å². The largest absolute Gasteiger partial charge is 0.492 e. The molecule has 0 aliphatic carbocycles. The molecule has 0 heterocycles. The van der Waals surface area contributed by atoms with Gasteiger partial charge in [0.05, 0.1) is 11.6 Å². The average Bonchev–Trinajstić information content (AvgIpc) is 2.36. The van der Waals surface area contributed by atoms with Gasteiger partial charge in [0, 0.05) is 17.1 Å². The van der Waals surface area contributed by atoms with E-state index in [4.69, 9.17) is 27.9 Å². The molecule has 0 unspecified atom stereocenters. The molecule has 1 aromatic rings. The SMILES string of the molecule is CCCOc1c(Cl)cc(Cl)cc1CNCCCN(C)C. The second kappa shape index (κ2) is 9.46. The van der Waals surface area contributed by atoms with Gasteiger partial charge in [0.1, 0.15) is 5.75 Å². The lowest BCUT2D eigenvalue weighted by atomic mass is 10.2. The summed E-state index contributed by atoms with van der Waals surface area (Å²) in [4.78, 5) is 2.17. The molecule has 0 aliphatic rings. The maximum atomic E-state index is 6.21. The van der Waals surface area contributed by atoms with Crippen LogP contribution in [0.2, 0.25) is 10.0 Å². The summed E-state index contributed by atoms with van der Waals surface area (Å²) in [6.45, 7) is 5.47. The van der Waals surface area contributed by atoms with Gasteiger partial charge >= 0.3 is 0 Å². The van der Waals surface area contributed by atoms with Crippen LogP contribution in [-0.4, -0.2) is 38.7 Å². The molecule has 1 rings (SSSR count). The van der Waals surface area contributed by atoms with E-state index in [0.717, 1.165) is 37.2 Å². The molecule has 0 spiro atoms. The van der Waals surface area contributed by atoms with Crippen LogP contribution < -0.4 is 10.1 Å². The Hall–Kier alpha value is -0.480. The first-order chi connectivity index (χ1) is 9.54. The molecular formula is C15H24Cl2N2O. The quantitative estimate of drug-likeness (QED) is 0.700. The summed E-state index contributed by atoms with van der Waals surface area (Å²) in [6.07, 6.45) is 2.06. The molecule has 0 saturated carbocycles. The van der Waals surface area contributed by atoms with Crippen molar-refractivity contribution in [3.05, 3.63) is 27.7 Å². The van der Waals surface area contributed by atoms with Crippen molar-refractivity contribution in [3.63, 3.8) is 0 Å². The molecule has 0 atom stereocenters. The van der Waals surface area contributed by atoms with Crippen molar-refractivity contribution in [1.82, 2.24) is 10.2 Å². The van der Waals surface area contributed by atoms with Crippen molar-refractivity contribution in [2.24, 2.45) is 0 Å². The van der Waals surface area contributed by atoms with E-state index in [2.05, 4.69) is 31.2 Å². The molecule has 3 nitrogen and oxygen atoms in total. The third-order valence-corrected chi connectivity index (χ3v) is 3.31. The Bertz CT molecular complexity index is 411. The molecule has 0 aromatic heterocycles. The fourth-order valence-corrected chi connectivity index (χ4v) is 2.44. The minimum Gasteiger partial charge on any atom is -0.492 e. The second-order valence-electron chi connectivity index (χ2n) is 5.06. The van der Waals surface area contributed by atoms with E-state index in [0.29, 0.717) is 23.2 Å². The number of benzene rings is 1. The Morgan fingerprint density at radius 2 is 2.00 bits per heavy atom. The third-order valence-electron chi connectivity index (χ3n) is 2.81. The molecule has 1 N–H and O–H groups in total. The second-order valence-corrected chi connectivity index (χ2v) is 5.90. The Morgan fingerprint density at radius 1 is 1.25 bits per heavy atom. The number of nitrogens with zero attached hydrogens (tertiary/aromatic N) is 1. The highest BCUT2D eigenvalue weighted by atomic mass is 35.5. The molecule has 20 heavy (non-hydrogen) atoms. The van der Waals surface area contributed by atoms with Gasteiger partial charge in [-0.2, -0.15) is 0 Å². The van der Waals surface area contributed by atoms with Gasteiger partial charge < -0.3 is 15.0 Å². The number of nitrogens with one attached hydrogen (secondary N) is 1. The van der Waals surface area contributed by atoms with Crippen molar-refractivity contribution in [2.45, 2.75) is 26.3 Å². The Balaban J connectivity index is 2.58. The average molecular weight is 319 g/mol. The number of halogens is 2. The number of hydrogen-bond acceptors (Lipinski definition) is 3. The van der Waals surface area contributed by atoms with Gasteiger partial charge in [-0.25, -0.2) is 0 Å². The minimum atomic E-state index is 0.580. The molecule has 0 radical (unpaired) electrons. The molecule has 0 bridgehead atoms. The maximum absolute atomic E-state index is 6.21. The Morgan fingerprint density at radius 3 is 2.65 bits per heavy atom. The van der Waals surface area contributed by atoms with Crippen LogP contribution in [-0.2, 0) is 6.54 Å². The van der Waals surface area contributed by atoms with E-state index in [1.165, 1.54) is 0 Å². The summed E-state index contributed by atoms with van der Waals surface area (Å²) >= 11 is 12.3. The summed E-state index contributed by atoms with van der Waals surface area (Å²) in [5.41, 5.74) is 1.01. The molecule has 0 saturated heterocycles. The molecule has 114 valence electrons. The van der Waals surface area contributed by atoms with Crippen LogP contribution in [0.4, 0.5) is 0 Å². The minimum absolute atomic E-state index is 0.580. The van der Waals surface area contributed by atoms with E-state index in [1.807, 2.05) is 6.07 Å². The highest BCUT2D eigenvalue weighted by molar-refractivity contribution is 6.35. The summed E-state index contributed by atoms with van der Waals surface area (Å²) in [6, 6.07) is 3.64. The fourth-order valence-electron chi connectivity index (χ4n) is 1.85. The first kappa shape index (κ1) is 17.6. The lowest BCUT2D eigenvalue weighted by Crippen LogP contribution is -2.21. The predicted octanol–water partition coefficient (Wildman–Crippen LogP) is 3.82. The van der Waals surface area contributed by atoms with Crippen LogP contribution in [0, 0.1) is 0 Å². The van der Waals surface area contributed by atoms with Gasteiger partial charge in [0.2, 0.25) is 0 Å². The molecule has 0 amide bonds. The third kappa shape index (κ3) is 6.31. The van der Waals surface area contributed by atoms with Gasteiger partial charge in [-0.15, -0.1) is 0 Å². The van der Waals surface area contributed by atoms with Crippen molar-refractivity contribution in [2.75, 3.05) is 33.8 Å². The van der Waals surface area contributed by atoms with E-state index in [-0.39, 0.29) is 0 Å². The fraction of sp³-hybridized carbons (Fsp3) is 0.600. The maximum Gasteiger partial charge on any atom is 0.142 e. The molecule has 1 aromatic carbocycles. The van der Waals surface area contributed by atoms with E-state index in [1.54, 1.807) is 6.07 Å².